The lowest BCUT2D eigenvalue weighted by Gasteiger charge is -2.22. The van der Waals surface area contributed by atoms with Gasteiger partial charge in [0.1, 0.15) is 0 Å². The topological polar surface area (TPSA) is 89.5 Å². The van der Waals surface area contributed by atoms with Gasteiger partial charge in [0, 0.05) is 5.92 Å². The minimum Gasteiger partial charge on any atom is -0.477 e. The van der Waals surface area contributed by atoms with E-state index in [4.69, 9.17) is 42.1 Å². The van der Waals surface area contributed by atoms with Crippen molar-refractivity contribution in [2.24, 2.45) is 11.8 Å². The maximum absolute atomic E-state index is 14.7. The molecule has 0 saturated heterocycles. The summed E-state index contributed by atoms with van der Waals surface area (Å²) in [5.74, 6) is -13.1. The van der Waals surface area contributed by atoms with Crippen LogP contribution in [0.3, 0.4) is 0 Å². The summed E-state index contributed by atoms with van der Waals surface area (Å²) < 4.78 is 184. The van der Waals surface area contributed by atoms with Gasteiger partial charge in [0.25, 0.3) is 0 Å². The Labute approximate surface area is 299 Å². The molecule has 2 aromatic carbocycles. The number of esters is 2. The van der Waals surface area contributed by atoms with Crippen molar-refractivity contribution in [3.63, 3.8) is 0 Å². The Balaban J connectivity index is 2.00. The molecule has 0 spiro atoms. The van der Waals surface area contributed by atoms with Gasteiger partial charge < -0.3 is 28.4 Å². The molecule has 0 atom stereocenters. The maximum atomic E-state index is 14.7. The first-order chi connectivity index (χ1) is 22.7. The molecule has 0 aliphatic heterocycles. The van der Waals surface area contributed by atoms with Crippen LogP contribution < -0.4 is 18.9 Å². The van der Waals surface area contributed by atoms with E-state index >= 15 is 0 Å². The van der Waals surface area contributed by atoms with E-state index in [-0.39, 0.29) is 0 Å². The Kier molecular flexibility index (Phi) is 14.5. The molecule has 0 amide bonds. The molecule has 8 nitrogen and oxygen atoms in total. The predicted octanol–water partition coefficient (Wildman–Crippen LogP) is 9.68. The van der Waals surface area contributed by atoms with Gasteiger partial charge >= 0.3 is 36.5 Å². The van der Waals surface area contributed by atoms with Gasteiger partial charge in [0.15, 0.2) is 36.2 Å². The predicted molar refractivity (Wildman–Crippen MR) is 153 cm³/mol. The van der Waals surface area contributed by atoms with Crippen LogP contribution in [-0.4, -0.2) is 62.9 Å². The fraction of sp³-hybridized carbons (Fsp3) is 0.462. The summed E-state index contributed by atoms with van der Waals surface area (Å²) in [6.45, 7) is -0.113. The zero-order valence-electron chi connectivity index (χ0n) is 24.5. The van der Waals surface area contributed by atoms with Crippen LogP contribution in [0.25, 0.3) is 0 Å². The number of alkyl halides is 10. The van der Waals surface area contributed by atoms with Gasteiger partial charge in [-0.3, -0.25) is 0 Å². The second kappa shape index (κ2) is 16.7. The van der Waals surface area contributed by atoms with Gasteiger partial charge in [0.05, 0.1) is 32.2 Å². The van der Waals surface area contributed by atoms with Crippen LogP contribution in [0.2, 0.25) is 10.0 Å². The van der Waals surface area contributed by atoms with Crippen LogP contribution in [0.4, 0.5) is 52.7 Å². The van der Waals surface area contributed by atoms with Gasteiger partial charge in [0.2, 0.25) is 11.6 Å². The van der Waals surface area contributed by atoms with Crippen molar-refractivity contribution in [3.8, 4) is 23.0 Å². The molecule has 0 aliphatic rings. The fourth-order valence-electron chi connectivity index (χ4n) is 3.11. The second-order valence-corrected chi connectivity index (χ2v) is 12.3. The summed E-state index contributed by atoms with van der Waals surface area (Å²) in [6, 6.07) is 1.30. The molecular formula is C26H18Br2Cl2F12O8. The summed E-state index contributed by atoms with van der Waals surface area (Å²) in [6.07, 6.45) is -24.2. The van der Waals surface area contributed by atoms with E-state index in [2.05, 4.69) is 41.3 Å². The summed E-state index contributed by atoms with van der Waals surface area (Å²) in [7, 11) is 0. The lowest BCUT2D eigenvalue weighted by Crippen LogP contribution is -2.42. The monoisotopic (exact) mass is 914 g/mol. The third kappa shape index (κ3) is 11.1. The number of carbonyl (C=O) groups excluding carboxylic acids is 2. The Hall–Kier alpha value is -2.72. The third-order valence-corrected chi connectivity index (χ3v) is 7.56. The highest BCUT2D eigenvalue weighted by molar-refractivity contribution is 9.11. The fourth-order valence-corrected chi connectivity index (χ4v) is 4.87. The van der Waals surface area contributed by atoms with E-state index in [1.165, 1.54) is 0 Å². The number of halogens is 16. The van der Waals surface area contributed by atoms with Gasteiger partial charge in [-0.1, -0.05) is 37.0 Å². The Morgan fingerprint density at radius 1 is 0.660 bits per heavy atom. The quantitative estimate of drug-likeness (QED) is 0.129. The zero-order valence-corrected chi connectivity index (χ0v) is 29.1. The number of carbonyl (C=O) groups is 2. The second-order valence-electron chi connectivity index (χ2n) is 9.81. The summed E-state index contributed by atoms with van der Waals surface area (Å²) in [4.78, 5) is 24.4. The average Bonchev–Trinajstić information content (AvgIpc) is 2.95. The molecular weight excluding hydrogens is 899 g/mol. The lowest BCUT2D eigenvalue weighted by molar-refractivity contribution is -0.361. The van der Waals surface area contributed by atoms with Crippen molar-refractivity contribution in [3.05, 3.63) is 42.8 Å². The summed E-state index contributed by atoms with van der Waals surface area (Å²) in [5.41, 5.74) is 0. The highest BCUT2D eigenvalue weighted by Crippen LogP contribution is 2.46. The zero-order chi connectivity index (χ0) is 38.6. The molecule has 0 aliphatic carbocycles. The molecule has 0 N–H and O–H groups in total. The highest BCUT2D eigenvalue weighted by atomic mass is 79.9. The number of hydrogen-bond donors (Lipinski definition) is 0. The van der Waals surface area contributed by atoms with E-state index in [1.807, 2.05) is 0 Å². The van der Waals surface area contributed by atoms with Crippen molar-refractivity contribution in [1.82, 2.24) is 0 Å². The van der Waals surface area contributed by atoms with E-state index in [0.717, 1.165) is 0 Å². The van der Waals surface area contributed by atoms with Crippen molar-refractivity contribution < 1.29 is 90.7 Å². The molecule has 0 radical (unpaired) electrons. The molecule has 0 heterocycles. The largest absolute Gasteiger partial charge is 0.499 e. The molecule has 50 heavy (non-hydrogen) atoms. The molecule has 0 fully saturated rings. The molecule has 0 unspecified atom stereocenters. The van der Waals surface area contributed by atoms with Crippen LogP contribution in [-0.2, 0) is 19.1 Å². The molecule has 24 heteroatoms. The van der Waals surface area contributed by atoms with E-state index in [1.54, 1.807) is 13.8 Å². The minimum absolute atomic E-state index is 0.395. The van der Waals surface area contributed by atoms with E-state index in [0.29, 0.717) is 12.1 Å². The molecule has 2 aromatic rings. The first-order valence-electron chi connectivity index (χ1n) is 12.9. The Morgan fingerprint density at radius 3 is 1.26 bits per heavy atom. The number of hydrogen-bond acceptors (Lipinski definition) is 8. The number of ether oxygens (including phenoxy) is 6. The summed E-state index contributed by atoms with van der Waals surface area (Å²) >= 11 is 16.5. The lowest BCUT2D eigenvalue weighted by atomic mass is 9.98. The summed E-state index contributed by atoms with van der Waals surface area (Å²) in [5, 5.41) is -2.02. The first-order valence-corrected chi connectivity index (χ1v) is 15.2. The molecule has 0 saturated carbocycles. The van der Waals surface area contributed by atoms with E-state index in [9.17, 15) is 62.3 Å². The SMILES string of the molecule is CC(C)C(COC(=O)COc1c(Br)cc(Cl)c(OC(F)(F)C(F)(F)F)c1F)COC(=O)COc1c(Br)cc(Cl)c(OC(F)(F)C(F)(F)F)c1F. The van der Waals surface area contributed by atoms with Crippen LogP contribution in [0.15, 0.2) is 21.1 Å². The van der Waals surface area contributed by atoms with Crippen molar-refractivity contribution in [1.29, 1.82) is 0 Å². The Bertz CT molecular complexity index is 1450. The smallest absolute Gasteiger partial charge is 0.477 e. The molecule has 2 rings (SSSR count). The molecule has 0 bridgehead atoms. The Morgan fingerprint density at radius 2 is 0.980 bits per heavy atom. The van der Waals surface area contributed by atoms with Gasteiger partial charge in [-0.2, -0.15) is 52.7 Å². The van der Waals surface area contributed by atoms with Crippen molar-refractivity contribution in [2.75, 3.05) is 26.4 Å². The van der Waals surface area contributed by atoms with Gasteiger partial charge in [-0.15, -0.1) is 0 Å². The van der Waals surface area contributed by atoms with Crippen LogP contribution >= 0.6 is 55.1 Å². The van der Waals surface area contributed by atoms with Gasteiger partial charge in [-0.25, -0.2) is 9.59 Å². The molecule has 0 aromatic heterocycles. The van der Waals surface area contributed by atoms with Crippen molar-refractivity contribution >= 4 is 67.0 Å². The normalized spacial score (nSPS) is 12.6. The third-order valence-electron chi connectivity index (χ3n) is 5.82. The van der Waals surface area contributed by atoms with Crippen molar-refractivity contribution in [2.45, 2.75) is 38.4 Å². The standard InChI is InChI=1S/C26H18Br2Cl2F12O8/c1-9(2)10(5-45-15(43)7-47-19-11(27)3-13(29)21(17(19)31)49-25(39,40)23(33,34)35)6-46-16(44)8-48-20-12(28)4-14(30)22(18(20)32)50-26(41,42)24(36,37)38/h3-4,9-10H,5-8H2,1-2H3. The minimum atomic E-state index is -6.24. The van der Waals surface area contributed by atoms with E-state index < -0.39 is 128 Å². The van der Waals surface area contributed by atoms with Crippen LogP contribution in [0, 0.1) is 23.5 Å². The van der Waals surface area contributed by atoms with Gasteiger partial charge in [-0.05, 0) is 49.9 Å². The maximum Gasteiger partial charge on any atom is 0.499 e. The highest BCUT2D eigenvalue weighted by Gasteiger charge is 2.62. The van der Waals surface area contributed by atoms with Crippen LogP contribution in [0.1, 0.15) is 13.8 Å². The first kappa shape index (κ1) is 43.4. The molecule has 282 valence electrons. The number of benzene rings is 2. The van der Waals surface area contributed by atoms with Crippen LogP contribution in [0.5, 0.6) is 23.0 Å². The number of rotatable bonds is 15. The average molecular weight is 917 g/mol.